The first-order valence-corrected chi connectivity index (χ1v) is 9.56. The molecule has 1 N–H and O–H groups in total. The lowest BCUT2D eigenvalue weighted by molar-refractivity contribution is -0.121. The van der Waals surface area contributed by atoms with Crippen LogP contribution in [0.1, 0.15) is 46.0 Å². The Balaban J connectivity index is 1.69. The number of likely N-dealkylation sites (tertiary alicyclic amines) is 1. The van der Waals surface area contributed by atoms with E-state index in [1.165, 1.54) is 0 Å². The highest BCUT2D eigenvalue weighted by Gasteiger charge is 2.61. The van der Waals surface area contributed by atoms with Crippen molar-refractivity contribution in [2.24, 2.45) is 7.05 Å². The minimum absolute atomic E-state index is 0.104. The van der Waals surface area contributed by atoms with Crippen LogP contribution in [-0.4, -0.2) is 37.8 Å². The number of rotatable bonds is 2. The average molecular weight is 391 g/mol. The molecule has 2 aliphatic heterocycles. The minimum atomic E-state index is -0.895. The normalized spacial score (nSPS) is 22.9. The van der Waals surface area contributed by atoms with Gasteiger partial charge in [0.05, 0.1) is 5.69 Å². The van der Waals surface area contributed by atoms with Crippen molar-refractivity contribution in [3.8, 4) is 0 Å². The van der Waals surface area contributed by atoms with E-state index < -0.39 is 11.5 Å². The maximum absolute atomic E-state index is 13.5. The van der Waals surface area contributed by atoms with E-state index in [1.54, 1.807) is 24.9 Å². The molecule has 2 aliphatic rings. The third kappa shape index (κ3) is 2.31. The third-order valence-corrected chi connectivity index (χ3v) is 6.05. The van der Waals surface area contributed by atoms with Crippen LogP contribution in [0.5, 0.6) is 0 Å². The molecule has 4 heterocycles. The molecule has 8 nitrogen and oxygen atoms in total. The zero-order valence-corrected chi connectivity index (χ0v) is 16.5. The molecular formula is C21H21N5O3. The largest absolute Gasteiger partial charge is 0.436 e. The van der Waals surface area contributed by atoms with Gasteiger partial charge in [-0.05, 0) is 25.0 Å². The summed E-state index contributed by atoms with van der Waals surface area (Å²) in [6.07, 6.45) is 4.02. The summed E-state index contributed by atoms with van der Waals surface area (Å²) in [4.78, 5) is 37.3. The molecule has 1 spiro atoms. The number of nitrogens with one attached hydrogen (secondary N) is 1. The smallest absolute Gasteiger partial charge is 0.292 e. The van der Waals surface area contributed by atoms with E-state index in [2.05, 4.69) is 15.3 Å². The number of para-hydroxylation sites is 1. The third-order valence-electron chi connectivity index (χ3n) is 6.05. The predicted octanol–water partition coefficient (Wildman–Crippen LogP) is 2.50. The summed E-state index contributed by atoms with van der Waals surface area (Å²) in [6, 6.07) is 7.12. The van der Waals surface area contributed by atoms with Gasteiger partial charge in [0.15, 0.2) is 5.89 Å². The molecular weight excluding hydrogens is 370 g/mol. The molecule has 148 valence electrons. The number of aryl methyl sites for hydroxylation is 3. The Hall–Kier alpha value is -3.42. The second-order valence-corrected chi connectivity index (χ2v) is 7.67. The fourth-order valence-corrected chi connectivity index (χ4v) is 4.76. The standard InChI is InChI=1S/C21H21N5O3/c1-12-16(29-13(2)23-12)19(27)26-10-8-21(17(26)18-22-9-11-25(18)3)14-6-4-5-7-15(14)24-20(21)28/h4-7,9,11,17H,8,10H2,1-3H3,(H,24,28)/t17-,21+/m0/s1. The number of fused-ring (bicyclic) bond motifs is 2. The monoisotopic (exact) mass is 391 g/mol. The van der Waals surface area contributed by atoms with Crippen molar-refractivity contribution < 1.29 is 14.0 Å². The molecule has 0 saturated carbocycles. The molecule has 2 aromatic heterocycles. The van der Waals surface area contributed by atoms with E-state index in [0.29, 0.717) is 30.4 Å². The highest BCUT2D eigenvalue weighted by Crippen LogP contribution is 2.54. The topological polar surface area (TPSA) is 93.3 Å². The number of carbonyl (C=O) groups excluding carboxylic acids is 2. The van der Waals surface area contributed by atoms with Crippen molar-refractivity contribution in [1.29, 1.82) is 0 Å². The SMILES string of the molecule is Cc1nc(C)c(C(=O)N2CC[C@]3(C(=O)Nc4ccccc43)[C@@H]2c2nccn2C)o1. The van der Waals surface area contributed by atoms with Crippen LogP contribution in [0, 0.1) is 13.8 Å². The van der Waals surface area contributed by atoms with Crippen molar-refractivity contribution in [3.63, 3.8) is 0 Å². The molecule has 1 fully saturated rings. The lowest BCUT2D eigenvalue weighted by Gasteiger charge is -2.33. The Labute approximate surface area is 167 Å². The number of anilines is 1. The Morgan fingerprint density at radius 2 is 2.10 bits per heavy atom. The number of aromatic nitrogens is 3. The lowest BCUT2D eigenvalue weighted by Crippen LogP contribution is -2.43. The van der Waals surface area contributed by atoms with Gasteiger partial charge in [-0.3, -0.25) is 9.59 Å². The minimum Gasteiger partial charge on any atom is -0.436 e. The summed E-state index contributed by atoms with van der Waals surface area (Å²) in [5, 5.41) is 3.01. The molecule has 29 heavy (non-hydrogen) atoms. The first kappa shape index (κ1) is 17.7. The number of amides is 2. The maximum atomic E-state index is 13.5. The van der Waals surface area contributed by atoms with Gasteiger partial charge in [0.1, 0.15) is 17.3 Å². The van der Waals surface area contributed by atoms with Crippen molar-refractivity contribution in [3.05, 3.63) is 65.4 Å². The Morgan fingerprint density at radius 1 is 1.31 bits per heavy atom. The number of nitrogens with zero attached hydrogens (tertiary/aromatic N) is 4. The maximum Gasteiger partial charge on any atom is 0.292 e. The molecule has 5 rings (SSSR count). The number of benzene rings is 1. The van der Waals surface area contributed by atoms with Gasteiger partial charge in [0.2, 0.25) is 11.7 Å². The van der Waals surface area contributed by atoms with Gasteiger partial charge in [-0.2, -0.15) is 0 Å². The first-order valence-electron chi connectivity index (χ1n) is 9.56. The average Bonchev–Trinajstić information content (AvgIpc) is 3.43. The molecule has 0 aliphatic carbocycles. The van der Waals surface area contributed by atoms with Crippen LogP contribution in [-0.2, 0) is 17.3 Å². The van der Waals surface area contributed by atoms with E-state index in [0.717, 1.165) is 11.3 Å². The highest BCUT2D eigenvalue weighted by molar-refractivity contribution is 6.08. The van der Waals surface area contributed by atoms with Gasteiger partial charge in [-0.15, -0.1) is 0 Å². The van der Waals surface area contributed by atoms with E-state index in [1.807, 2.05) is 42.1 Å². The first-order chi connectivity index (χ1) is 13.9. The second-order valence-electron chi connectivity index (χ2n) is 7.67. The number of carbonyl (C=O) groups is 2. The summed E-state index contributed by atoms with van der Waals surface area (Å²) < 4.78 is 7.47. The summed E-state index contributed by atoms with van der Waals surface area (Å²) in [5.41, 5.74) is 1.34. The van der Waals surface area contributed by atoms with Crippen LogP contribution in [0.25, 0.3) is 0 Å². The van der Waals surface area contributed by atoms with Crippen molar-refractivity contribution in [1.82, 2.24) is 19.4 Å². The molecule has 0 unspecified atom stereocenters. The summed E-state index contributed by atoms with van der Waals surface area (Å²) in [6.45, 7) is 3.88. The fourth-order valence-electron chi connectivity index (χ4n) is 4.76. The van der Waals surface area contributed by atoms with Crippen LogP contribution in [0.3, 0.4) is 0 Å². The number of hydrogen-bond donors (Lipinski definition) is 1. The Bertz CT molecular complexity index is 1150. The molecule has 2 amide bonds. The van der Waals surface area contributed by atoms with E-state index in [9.17, 15) is 9.59 Å². The number of hydrogen-bond acceptors (Lipinski definition) is 5. The zero-order chi connectivity index (χ0) is 20.3. The van der Waals surface area contributed by atoms with Crippen LogP contribution in [0.2, 0.25) is 0 Å². The van der Waals surface area contributed by atoms with E-state index in [4.69, 9.17) is 4.42 Å². The summed E-state index contributed by atoms with van der Waals surface area (Å²) in [5.74, 6) is 0.942. The molecule has 0 bridgehead atoms. The number of imidazole rings is 1. The van der Waals surface area contributed by atoms with Crippen LogP contribution < -0.4 is 5.32 Å². The Kier molecular flexibility index (Phi) is 3.68. The fraction of sp³-hybridized carbons (Fsp3) is 0.333. The molecule has 0 radical (unpaired) electrons. The van der Waals surface area contributed by atoms with Gasteiger partial charge in [0, 0.05) is 38.6 Å². The highest BCUT2D eigenvalue weighted by atomic mass is 16.4. The Morgan fingerprint density at radius 3 is 2.79 bits per heavy atom. The van der Waals surface area contributed by atoms with E-state index in [-0.39, 0.29) is 17.6 Å². The molecule has 1 saturated heterocycles. The molecule has 2 atom stereocenters. The van der Waals surface area contributed by atoms with Crippen molar-refractivity contribution >= 4 is 17.5 Å². The second kappa shape index (κ2) is 6.04. The number of oxazole rings is 1. The molecule has 8 heteroatoms. The summed E-state index contributed by atoms with van der Waals surface area (Å²) in [7, 11) is 1.87. The van der Waals surface area contributed by atoms with Gasteiger partial charge in [-0.1, -0.05) is 18.2 Å². The van der Waals surface area contributed by atoms with Crippen molar-refractivity contribution in [2.75, 3.05) is 11.9 Å². The van der Waals surface area contributed by atoms with Gasteiger partial charge in [-0.25, -0.2) is 9.97 Å². The van der Waals surface area contributed by atoms with E-state index >= 15 is 0 Å². The van der Waals surface area contributed by atoms with Crippen LogP contribution in [0.15, 0.2) is 41.1 Å². The van der Waals surface area contributed by atoms with Crippen molar-refractivity contribution in [2.45, 2.75) is 31.7 Å². The molecule has 3 aromatic rings. The van der Waals surface area contributed by atoms with Crippen LogP contribution >= 0.6 is 0 Å². The van der Waals surface area contributed by atoms with Gasteiger partial charge >= 0.3 is 0 Å². The quantitative estimate of drug-likeness (QED) is 0.724. The van der Waals surface area contributed by atoms with Gasteiger partial charge in [0.25, 0.3) is 5.91 Å². The lowest BCUT2D eigenvalue weighted by atomic mass is 9.74. The predicted molar refractivity (Wildman–Crippen MR) is 104 cm³/mol. The van der Waals surface area contributed by atoms with Crippen LogP contribution in [0.4, 0.5) is 5.69 Å². The summed E-state index contributed by atoms with van der Waals surface area (Å²) >= 11 is 0. The zero-order valence-electron chi connectivity index (χ0n) is 16.5. The van der Waals surface area contributed by atoms with Gasteiger partial charge < -0.3 is 19.2 Å². The molecule has 1 aromatic carbocycles.